The van der Waals surface area contributed by atoms with Crippen LogP contribution in [-0.4, -0.2) is 35.2 Å². The van der Waals surface area contributed by atoms with Gasteiger partial charge in [0.15, 0.2) is 5.82 Å². The molecule has 4 rings (SSSR count). The predicted octanol–water partition coefficient (Wildman–Crippen LogP) is 3.28. The Morgan fingerprint density at radius 3 is 3.07 bits per heavy atom. The molecule has 0 amide bonds. The van der Waals surface area contributed by atoms with Gasteiger partial charge in [-0.3, -0.25) is 4.98 Å². The molecule has 8 nitrogen and oxygen atoms in total. The largest absolute Gasteiger partial charge is 0.372 e. The molecule has 0 fully saturated rings. The van der Waals surface area contributed by atoms with E-state index in [9.17, 15) is 0 Å². The maximum atomic E-state index is 4.32. The van der Waals surface area contributed by atoms with Gasteiger partial charge in [-0.15, -0.1) is 5.10 Å². The first-order valence-corrected chi connectivity index (χ1v) is 8.97. The van der Waals surface area contributed by atoms with E-state index in [-0.39, 0.29) is 6.04 Å². The highest BCUT2D eigenvalue weighted by atomic mass is 15.5. The van der Waals surface area contributed by atoms with Gasteiger partial charge in [0.2, 0.25) is 0 Å². The fraction of sp³-hybridized carbons (Fsp3) is 0.150. The van der Waals surface area contributed by atoms with E-state index in [1.54, 1.807) is 17.2 Å². The van der Waals surface area contributed by atoms with E-state index in [0.717, 1.165) is 22.3 Å². The number of pyridine rings is 1. The van der Waals surface area contributed by atoms with E-state index in [0.29, 0.717) is 12.4 Å². The number of fused-ring (bicyclic) bond motifs is 1. The molecule has 0 aliphatic heterocycles. The Hall–Kier alpha value is -3.81. The van der Waals surface area contributed by atoms with Crippen LogP contribution in [0.2, 0.25) is 0 Å². The highest BCUT2D eigenvalue weighted by Crippen LogP contribution is 2.22. The molecule has 8 heteroatoms. The predicted molar refractivity (Wildman–Crippen MR) is 108 cm³/mol. The van der Waals surface area contributed by atoms with Crippen LogP contribution in [0.4, 0.5) is 5.69 Å². The average Bonchev–Trinajstić information content (AvgIpc) is 3.37. The number of allylic oxidation sites excluding steroid dienone is 3. The number of hydrogen-bond acceptors (Lipinski definition) is 6. The van der Waals surface area contributed by atoms with Gasteiger partial charge in [-0.25, -0.2) is 9.67 Å². The Morgan fingerprint density at radius 2 is 2.21 bits per heavy atom. The van der Waals surface area contributed by atoms with Crippen LogP contribution < -0.4 is 5.32 Å². The highest BCUT2D eigenvalue weighted by molar-refractivity contribution is 5.78. The number of H-pyrrole nitrogens is 1. The molecular weight excluding hydrogens is 352 g/mol. The lowest BCUT2D eigenvalue weighted by Crippen LogP contribution is -2.16. The van der Waals surface area contributed by atoms with E-state index in [1.807, 2.05) is 67.8 Å². The number of anilines is 1. The van der Waals surface area contributed by atoms with Gasteiger partial charge in [0, 0.05) is 18.1 Å². The molecule has 0 aliphatic rings. The lowest BCUT2D eigenvalue weighted by molar-refractivity contribution is 0.610. The summed E-state index contributed by atoms with van der Waals surface area (Å²) in [7, 11) is 0. The highest BCUT2D eigenvalue weighted by Gasteiger charge is 2.17. The number of hydrogen-bond donors (Lipinski definition) is 2. The quantitative estimate of drug-likeness (QED) is 0.483. The van der Waals surface area contributed by atoms with Crippen LogP contribution in [0.15, 0.2) is 73.4 Å². The number of imidazole rings is 1. The first-order chi connectivity index (χ1) is 13.8. The third-order valence-electron chi connectivity index (χ3n) is 4.24. The van der Waals surface area contributed by atoms with Crippen molar-refractivity contribution in [2.75, 3.05) is 5.32 Å². The first-order valence-electron chi connectivity index (χ1n) is 8.97. The molecule has 28 heavy (non-hydrogen) atoms. The van der Waals surface area contributed by atoms with Crippen molar-refractivity contribution in [1.29, 1.82) is 0 Å². The van der Waals surface area contributed by atoms with Crippen molar-refractivity contribution in [2.24, 2.45) is 0 Å². The Balaban J connectivity index is 1.63. The van der Waals surface area contributed by atoms with Crippen LogP contribution in [0.25, 0.3) is 11.0 Å². The molecular formula is C20H20N8. The van der Waals surface area contributed by atoms with Crippen LogP contribution >= 0.6 is 0 Å². The van der Waals surface area contributed by atoms with Gasteiger partial charge < -0.3 is 10.3 Å². The van der Waals surface area contributed by atoms with Gasteiger partial charge in [0.25, 0.3) is 0 Å². The molecule has 1 aromatic carbocycles. The van der Waals surface area contributed by atoms with E-state index in [2.05, 4.69) is 35.8 Å². The minimum atomic E-state index is -0.209. The summed E-state index contributed by atoms with van der Waals surface area (Å²) in [6.45, 7) is 2.52. The normalized spacial score (nSPS) is 12.9. The van der Waals surface area contributed by atoms with Crippen molar-refractivity contribution >= 4 is 16.7 Å². The van der Waals surface area contributed by atoms with Crippen molar-refractivity contribution in [3.05, 3.63) is 84.7 Å². The smallest absolute Gasteiger partial charge is 0.177 e. The zero-order valence-corrected chi connectivity index (χ0v) is 15.4. The van der Waals surface area contributed by atoms with Gasteiger partial charge in [-0.05, 0) is 47.2 Å². The van der Waals surface area contributed by atoms with Gasteiger partial charge >= 0.3 is 0 Å². The minimum absolute atomic E-state index is 0.209. The molecule has 0 bridgehead atoms. The molecule has 1 atom stereocenters. The number of aromatic amines is 1. The summed E-state index contributed by atoms with van der Waals surface area (Å²) in [6.07, 6.45) is 13.2. The van der Waals surface area contributed by atoms with Crippen LogP contribution in [-0.2, 0) is 6.54 Å². The summed E-state index contributed by atoms with van der Waals surface area (Å²) in [4.78, 5) is 11.6. The van der Waals surface area contributed by atoms with Crippen molar-refractivity contribution in [2.45, 2.75) is 19.5 Å². The number of tetrazole rings is 1. The van der Waals surface area contributed by atoms with Crippen LogP contribution in [0.3, 0.4) is 0 Å². The maximum Gasteiger partial charge on any atom is 0.177 e. The summed E-state index contributed by atoms with van der Waals surface area (Å²) >= 11 is 0. The molecule has 0 saturated carbocycles. The number of rotatable bonds is 7. The Labute approximate surface area is 162 Å². The second-order valence-corrected chi connectivity index (χ2v) is 6.22. The molecule has 2 N–H and O–H groups in total. The van der Waals surface area contributed by atoms with E-state index >= 15 is 0 Å². The number of nitrogens with zero attached hydrogens (tertiary/aromatic N) is 6. The molecule has 0 saturated heterocycles. The summed E-state index contributed by atoms with van der Waals surface area (Å²) < 4.78 is 1.78. The van der Waals surface area contributed by atoms with Crippen molar-refractivity contribution in [3.8, 4) is 0 Å². The van der Waals surface area contributed by atoms with Gasteiger partial charge in [-0.1, -0.05) is 30.4 Å². The number of benzene rings is 1. The van der Waals surface area contributed by atoms with Gasteiger partial charge in [0.05, 0.1) is 23.9 Å². The molecule has 1 unspecified atom stereocenters. The second-order valence-electron chi connectivity index (χ2n) is 6.22. The van der Waals surface area contributed by atoms with Crippen molar-refractivity contribution in [1.82, 2.24) is 35.2 Å². The molecule has 0 aliphatic carbocycles. The molecule has 0 spiro atoms. The summed E-state index contributed by atoms with van der Waals surface area (Å²) in [5.74, 6) is 0.715. The van der Waals surface area contributed by atoms with Crippen molar-refractivity contribution < 1.29 is 0 Å². The Morgan fingerprint density at radius 1 is 1.25 bits per heavy atom. The van der Waals surface area contributed by atoms with Gasteiger partial charge in [0.1, 0.15) is 6.04 Å². The zero-order chi connectivity index (χ0) is 19.2. The Bertz CT molecular complexity index is 1090. The third-order valence-corrected chi connectivity index (χ3v) is 4.24. The van der Waals surface area contributed by atoms with Crippen LogP contribution in [0.5, 0.6) is 0 Å². The standard InChI is InChI=1S/C20H20N8/c1-2-3-4-7-18(24-16-8-9-17-19(11-16)23-14-22-17)20-25-26-27-28(20)13-15-6-5-10-21-12-15/h2-12,14,18,24H,13H2,1H3,(H,22,23). The van der Waals surface area contributed by atoms with Crippen molar-refractivity contribution in [3.63, 3.8) is 0 Å². The minimum Gasteiger partial charge on any atom is -0.372 e. The SMILES string of the molecule is CC=CC=CC(Nc1ccc2[nH]cnc2c1)c1nnnn1Cc1cccnc1. The topological polar surface area (TPSA) is 97.2 Å². The molecule has 3 aromatic heterocycles. The number of nitrogens with one attached hydrogen (secondary N) is 2. The Kier molecular flexibility index (Phi) is 5.19. The maximum absolute atomic E-state index is 4.32. The molecule has 4 aromatic rings. The lowest BCUT2D eigenvalue weighted by Gasteiger charge is -2.16. The first kappa shape index (κ1) is 17.6. The molecule has 3 heterocycles. The van der Waals surface area contributed by atoms with Crippen LogP contribution in [0.1, 0.15) is 24.4 Å². The summed E-state index contributed by atoms with van der Waals surface area (Å²) in [5, 5.41) is 15.8. The van der Waals surface area contributed by atoms with Crippen LogP contribution in [0, 0.1) is 0 Å². The average molecular weight is 372 g/mol. The van der Waals surface area contributed by atoms with Gasteiger partial charge in [-0.2, -0.15) is 0 Å². The molecule has 140 valence electrons. The zero-order valence-electron chi connectivity index (χ0n) is 15.4. The number of aromatic nitrogens is 7. The van der Waals surface area contributed by atoms with E-state index < -0.39 is 0 Å². The van der Waals surface area contributed by atoms with E-state index in [1.165, 1.54) is 0 Å². The molecule has 0 radical (unpaired) electrons. The second kappa shape index (κ2) is 8.26. The third kappa shape index (κ3) is 3.96. The summed E-state index contributed by atoms with van der Waals surface area (Å²) in [5.41, 5.74) is 3.86. The fourth-order valence-electron chi connectivity index (χ4n) is 2.90. The fourth-order valence-corrected chi connectivity index (χ4v) is 2.90. The summed E-state index contributed by atoms with van der Waals surface area (Å²) in [6, 6.07) is 9.70. The monoisotopic (exact) mass is 372 g/mol. The lowest BCUT2D eigenvalue weighted by atomic mass is 10.2. The van der Waals surface area contributed by atoms with E-state index in [4.69, 9.17) is 0 Å².